The van der Waals surface area contributed by atoms with Crippen molar-refractivity contribution in [1.29, 1.82) is 0 Å². The number of hydrogen-bond acceptors (Lipinski definition) is 4. The van der Waals surface area contributed by atoms with Crippen molar-refractivity contribution >= 4 is 11.3 Å². The van der Waals surface area contributed by atoms with E-state index in [1.54, 1.807) is 6.33 Å². The van der Waals surface area contributed by atoms with Crippen LogP contribution in [0, 0.1) is 0 Å². The molecule has 1 atom stereocenters. The Kier molecular flexibility index (Phi) is 5.94. The van der Waals surface area contributed by atoms with Gasteiger partial charge in [-0.25, -0.2) is 9.67 Å². The first-order valence-electron chi connectivity index (χ1n) is 7.86. The van der Waals surface area contributed by atoms with Gasteiger partial charge in [0.2, 0.25) is 0 Å². The highest BCUT2D eigenvalue weighted by Gasteiger charge is 2.18. The van der Waals surface area contributed by atoms with E-state index in [9.17, 15) is 0 Å². The van der Waals surface area contributed by atoms with Crippen molar-refractivity contribution in [2.24, 2.45) is 0 Å². The lowest BCUT2D eigenvalue weighted by Gasteiger charge is -2.18. The second-order valence-corrected chi connectivity index (χ2v) is 6.78. The first-order valence-corrected chi connectivity index (χ1v) is 8.67. The SMILES string of the molecule is CCCNC(Cc1ncnn1C(C)C)c1ccc(CC)s1. The zero-order chi connectivity index (χ0) is 15.2. The van der Waals surface area contributed by atoms with Gasteiger partial charge in [0.1, 0.15) is 12.2 Å². The first-order chi connectivity index (χ1) is 10.2. The fourth-order valence-electron chi connectivity index (χ4n) is 2.40. The van der Waals surface area contributed by atoms with Crippen LogP contribution in [-0.2, 0) is 12.8 Å². The lowest BCUT2D eigenvalue weighted by atomic mass is 10.1. The van der Waals surface area contributed by atoms with Gasteiger partial charge < -0.3 is 5.32 Å². The molecule has 0 fully saturated rings. The molecule has 0 saturated carbocycles. The summed E-state index contributed by atoms with van der Waals surface area (Å²) in [5.41, 5.74) is 0. The van der Waals surface area contributed by atoms with Crippen LogP contribution in [-0.4, -0.2) is 21.3 Å². The molecule has 1 N–H and O–H groups in total. The standard InChI is InChI=1S/C16H26N4S/c1-5-9-17-14(15-8-7-13(6-2)21-15)10-16-18-11-19-20(16)12(3)4/h7-8,11-12,14,17H,5-6,9-10H2,1-4H3. The zero-order valence-electron chi connectivity index (χ0n) is 13.5. The predicted octanol–water partition coefficient (Wildman–Crippen LogP) is 3.77. The van der Waals surface area contributed by atoms with Gasteiger partial charge in [-0.05, 0) is 45.4 Å². The molecular formula is C16H26N4S. The molecule has 2 rings (SSSR count). The van der Waals surface area contributed by atoms with E-state index < -0.39 is 0 Å². The third kappa shape index (κ3) is 4.14. The Hall–Kier alpha value is -1.20. The molecule has 116 valence electrons. The summed E-state index contributed by atoms with van der Waals surface area (Å²) in [6, 6.07) is 5.18. The van der Waals surface area contributed by atoms with Gasteiger partial charge in [0.05, 0.1) is 0 Å². The average molecular weight is 306 g/mol. The summed E-state index contributed by atoms with van der Waals surface area (Å²) in [5.74, 6) is 1.06. The Balaban J connectivity index is 2.17. The summed E-state index contributed by atoms with van der Waals surface area (Å²) in [4.78, 5) is 7.30. The Morgan fingerprint density at radius 2 is 2.10 bits per heavy atom. The Morgan fingerprint density at radius 3 is 2.71 bits per heavy atom. The van der Waals surface area contributed by atoms with Crippen LogP contribution in [0.25, 0.3) is 0 Å². The summed E-state index contributed by atoms with van der Waals surface area (Å²) in [5, 5.41) is 8.00. The van der Waals surface area contributed by atoms with Gasteiger partial charge in [-0.15, -0.1) is 11.3 Å². The molecule has 5 heteroatoms. The highest BCUT2D eigenvalue weighted by atomic mass is 32.1. The molecule has 2 aromatic rings. The van der Waals surface area contributed by atoms with Crippen LogP contribution in [0.2, 0.25) is 0 Å². The van der Waals surface area contributed by atoms with Crippen LogP contribution >= 0.6 is 11.3 Å². The van der Waals surface area contributed by atoms with E-state index in [2.05, 4.69) is 55.2 Å². The van der Waals surface area contributed by atoms with Crippen molar-refractivity contribution in [1.82, 2.24) is 20.1 Å². The number of nitrogens with one attached hydrogen (secondary N) is 1. The van der Waals surface area contributed by atoms with Gasteiger partial charge in [0.25, 0.3) is 0 Å². The van der Waals surface area contributed by atoms with Crippen molar-refractivity contribution in [2.75, 3.05) is 6.54 Å². The lowest BCUT2D eigenvalue weighted by molar-refractivity contribution is 0.466. The number of nitrogens with zero attached hydrogens (tertiary/aromatic N) is 3. The normalized spacial score (nSPS) is 13.0. The summed E-state index contributed by atoms with van der Waals surface area (Å²) >= 11 is 1.91. The van der Waals surface area contributed by atoms with E-state index in [1.807, 2.05) is 16.0 Å². The monoisotopic (exact) mass is 306 g/mol. The highest BCUT2D eigenvalue weighted by molar-refractivity contribution is 7.12. The van der Waals surface area contributed by atoms with Gasteiger partial charge in [0, 0.05) is 28.3 Å². The van der Waals surface area contributed by atoms with Crippen molar-refractivity contribution in [3.8, 4) is 0 Å². The topological polar surface area (TPSA) is 42.7 Å². The second kappa shape index (κ2) is 7.71. The van der Waals surface area contributed by atoms with E-state index in [0.29, 0.717) is 12.1 Å². The fraction of sp³-hybridized carbons (Fsp3) is 0.625. The van der Waals surface area contributed by atoms with Crippen LogP contribution in [0.15, 0.2) is 18.5 Å². The molecule has 0 radical (unpaired) electrons. The molecule has 4 nitrogen and oxygen atoms in total. The van der Waals surface area contributed by atoms with Crippen molar-refractivity contribution < 1.29 is 0 Å². The summed E-state index contributed by atoms with van der Waals surface area (Å²) in [7, 11) is 0. The minimum absolute atomic E-state index is 0.331. The third-order valence-corrected chi connectivity index (χ3v) is 4.88. The van der Waals surface area contributed by atoms with E-state index in [4.69, 9.17) is 0 Å². The Morgan fingerprint density at radius 1 is 1.29 bits per heavy atom. The van der Waals surface area contributed by atoms with Gasteiger partial charge >= 0.3 is 0 Å². The minimum Gasteiger partial charge on any atom is -0.309 e. The Labute approximate surface area is 131 Å². The maximum atomic E-state index is 4.45. The molecule has 0 aliphatic heterocycles. The van der Waals surface area contributed by atoms with Crippen LogP contribution in [0.4, 0.5) is 0 Å². The summed E-state index contributed by atoms with van der Waals surface area (Å²) in [6.45, 7) is 9.73. The molecule has 0 aromatic carbocycles. The predicted molar refractivity (Wildman–Crippen MR) is 88.8 cm³/mol. The van der Waals surface area contributed by atoms with Crippen LogP contribution in [0.5, 0.6) is 0 Å². The van der Waals surface area contributed by atoms with Gasteiger partial charge in [-0.1, -0.05) is 13.8 Å². The number of thiophene rings is 1. The zero-order valence-corrected chi connectivity index (χ0v) is 14.3. The molecule has 0 aliphatic rings. The fourth-order valence-corrected chi connectivity index (χ4v) is 3.43. The maximum absolute atomic E-state index is 4.45. The molecule has 1 unspecified atom stereocenters. The van der Waals surface area contributed by atoms with Crippen molar-refractivity contribution in [3.05, 3.63) is 34.0 Å². The van der Waals surface area contributed by atoms with Gasteiger partial charge in [-0.2, -0.15) is 5.10 Å². The number of hydrogen-bond donors (Lipinski definition) is 1. The number of aromatic nitrogens is 3. The third-order valence-electron chi connectivity index (χ3n) is 3.54. The second-order valence-electron chi connectivity index (χ2n) is 5.58. The number of aryl methyl sites for hydroxylation is 1. The van der Waals surface area contributed by atoms with Gasteiger partial charge in [-0.3, -0.25) is 0 Å². The molecule has 0 spiro atoms. The molecule has 2 heterocycles. The first kappa shape index (κ1) is 16.2. The molecule has 21 heavy (non-hydrogen) atoms. The molecule has 0 bridgehead atoms. The van der Waals surface area contributed by atoms with Crippen molar-refractivity contribution in [3.63, 3.8) is 0 Å². The van der Waals surface area contributed by atoms with Crippen LogP contribution in [0.1, 0.15) is 61.8 Å². The van der Waals surface area contributed by atoms with Crippen molar-refractivity contribution in [2.45, 2.75) is 59.0 Å². The average Bonchev–Trinajstić information content (AvgIpc) is 3.11. The van der Waals surface area contributed by atoms with Gasteiger partial charge in [0.15, 0.2) is 0 Å². The molecule has 0 amide bonds. The molecule has 0 saturated heterocycles. The minimum atomic E-state index is 0.331. The van der Waals surface area contributed by atoms with E-state index >= 15 is 0 Å². The maximum Gasteiger partial charge on any atom is 0.138 e. The quantitative estimate of drug-likeness (QED) is 0.807. The summed E-state index contributed by atoms with van der Waals surface area (Å²) < 4.78 is 2.02. The largest absolute Gasteiger partial charge is 0.309 e. The molecule has 0 aliphatic carbocycles. The van der Waals surface area contributed by atoms with Crippen LogP contribution < -0.4 is 5.32 Å². The highest BCUT2D eigenvalue weighted by Crippen LogP contribution is 2.26. The number of rotatable bonds is 8. The molecule has 2 aromatic heterocycles. The summed E-state index contributed by atoms with van der Waals surface area (Å²) in [6.07, 6.45) is 4.80. The van der Waals surface area contributed by atoms with E-state index in [0.717, 1.165) is 31.6 Å². The van der Waals surface area contributed by atoms with E-state index in [1.165, 1.54) is 9.75 Å². The Bertz CT molecular complexity index is 544. The van der Waals surface area contributed by atoms with E-state index in [-0.39, 0.29) is 0 Å². The molecular weight excluding hydrogens is 280 g/mol. The lowest BCUT2D eigenvalue weighted by Crippen LogP contribution is -2.25. The smallest absolute Gasteiger partial charge is 0.138 e. The van der Waals surface area contributed by atoms with Crippen LogP contribution in [0.3, 0.4) is 0 Å².